The molecule has 4 nitrogen and oxygen atoms in total. The molecule has 110 valence electrons. The molecule has 1 N–H and O–H groups in total. The number of hydrogen-bond acceptors (Lipinski definition) is 2. The third-order valence-electron chi connectivity index (χ3n) is 2.81. The fourth-order valence-electron chi connectivity index (χ4n) is 1.74. The number of carbonyl (C=O) groups excluding carboxylic acids is 1. The normalized spacial score (nSPS) is 10.5. The minimum atomic E-state index is -0.386. The Kier molecular flexibility index (Phi) is 4.93. The first-order valence-electron chi connectivity index (χ1n) is 5.99. The van der Waals surface area contributed by atoms with Gasteiger partial charge < -0.3 is 9.88 Å². The van der Waals surface area contributed by atoms with Crippen LogP contribution in [0.2, 0.25) is 15.1 Å². The number of carbonyl (C=O) groups is 1. The Hall–Kier alpha value is -1.49. The van der Waals surface area contributed by atoms with Crippen LogP contribution in [0.5, 0.6) is 0 Å². The summed E-state index contributed by atoms with van der Waals surface area (Å²) in [5.74, 6) is -0.386. The van der Waals surface area contributed by atoms with Gasteiger partial charge in [-0.3, -0.25) is 9.59 Å². The third-order valence-corrected chi connectivity index (χ3v) is 3.84. The predicted molar refractivity (Wildman–Crippen MR) is 85.5 cm³/mol. The zero-order valence-corrected chi connectivity index (χ0v) is 13.3. The fraction of sp³-hybridized carbons (Fsp3) is 0.143. The predicted octanol–water partition coefficient (Wildman–Crippen LogP) is 3.76. The third kappa shape index (κ3) is 3.79. The van der Waals surface area contributed by atoms with E-state index in [1.807, 2.05) is 0 Å². The van der Waals surface area contributed by atoms with Gasteiger partial charge in [0.05, 0.1) is 20.8 Å². The van der Waals surface area contributed by atoms with Crippen LogP contribution < -0.4 is 10.9 Å². The quantitative estimate of drug-likeness (QED) is 0.861. The van der Waals surface area contributed by atoms with Crippen LogP contribution in [-0.2, 0) is 11.3 Å². The summed E-state index contributed by atoms with van der Waals surface area (Å²) in [5.41, 5.74) is 0.697. The molecule has 0 saturated heterocycles. The largest absolute Gasteiger partial charge is 0.323 e. The molecule has 1 amide bonds. The summed E-state index contributed by atoms with van der Waals surface area (Å²) in [4.78, 5) is 23.8. The number of aromatic nitrogens is 1. The van der Waals surface area contributed by atoms with Crippen molar-refractivity contribution >= 4 is 46.4 Å². The number of benzene rings is 1. The molecule has 0 aliphatic carbocycles. The Labute approximate surface area is 136 Å². The first-order valence-corrected chi connectivity index (χ1v) is 7.12. The number of amides is 1. The van der Waals surface area contributed by atoms with Gasteiger partial charge in [0.1, 0.15) is 6.54 Å². The summed E-state index contributed by atoms with van der Waals surface area (Å²) in [6.07, 6.45) is 1.55. The molecule has 0 saturated carbocycles. The zero-order valence-electron chi connectivity index (χ0n) is 11.0. The lowest BCUT2D eigenvalue weighted by Crippen LogP contribution is -2.28. The average molecular weight is 346 g/mol. The molecule has 0 aliphatic heterocycles. The number of halogens is 3. The lowest BCUT2D eigenvalue weighted by atomic mass is 10.3. The minimum Gasteiger partial charge on any atom is -0.323 e. The van der Waals surface area contributed by atoms with Crippen LogP contribution >= 0.6 is 34.8 Å². The molecule has 1 heterocycles. The monoisotopic (exact) mass is 344 g/mol. The second-order valence-electron chi connectivity index (χ2n) is 4.42. The summed E-state index contributed by atoms with van der Waals surface area (Å²) >= 11 is 17.7. The number of aryl methyl sites for hydroxylation is 1. The first kappa shape index (κ1) is 15.9. The maximum atomic E-state index is 12.0. The van der Waals surface area contributed by atoms with E-state index in [1.165, 1.54) is 16.7 Å². The number of nitrogens with zero attached hydrogens (tertiary/aromatic N) is 1. The molecule has 1 aromatic carbocycles. The van der Waals surface area contributed by atoms with Gasteiger partial charge in [0.15, 0.2) is 0 Å². The first-order chi connectivity index (χ1) is 9.88. The summed E-state index contributed by atoms with van der Waals surface area (Å²) in [6, 6.07) is 6.30. The highest BCUT2D eigenvalue weighted by Crippen LogP contribution is 2.32. The second kappa shape index (κ2) is 6.52. The standard InChI is InChI=1S/C14H11Cl3N2O2/c1-8-3-2-4-19(14(8)21)7-13(20)18-12-6-10(16)9(15)5-11(12)17/h2-6H,7H2,1H3,(H,18,20). The molecule has 0 atom stereocenters. The van der Waals surface area contributed by atoms with Crippen molar-refractivity contribution in [3.05, 3.63) is 61.4 Å². The molecule has 2 aromatic rings. The Bertz CT molecular complexity index is 756. The number of rotatable bonds is 3. The van der Waals surface area contributed by atoms with Crippen molar-refractivity contribution < 1.29 is 4.79 Å². The topological polar surface area (TPSA) is 51.1 Å². The summed E-state index contributed by atoms with van der Waals surface area (Å²) in [5, 5.41) is 3.45. The maximum absolute atomic E-state index is 12.0. The van der Waals surface area contributed by atoms with Crippen molar-refractivity contribution in [3.8, 4) is 0 Å². The molecule has 0 fully saturated rings. The number of hydrogen-bond donors (Lipinski definition) is 1. The van der Waals surface area contributed by atoms with E-state index < -0.39 is 0 Å². The van der Waals surface area contributed by atoms with Crippen LogP contribution in [-0.4, -0.2) is 10.5 Å². The molecule has 1 aromatic heterocycles. The number of anilines is 1. The van der Waals surface area contributed by atoms with Crippen LogP contribution in [0.4, 0.5) is 5.69 Å². The molecule has 0 bridgehead atoms. The van der Waals surface area contributed by atoms with Crippen LogP contribution in [0.1, 0.15) is 5.56 Å². The van der Waals surface area contributed by atoms with E-state index in [1.54, 1.807) is 25.3 Å². The Morgan fingerprint density at radius 2 is 1.86 bits per heavy atom. The highest BCUT2D eigenvalue weighted by atomic mass is 35.5. The highest BCUT2D eigenvalue weighted by molar-refractivity contribution is 6.44. The summed E-state index contributed by atoms with van der Waals surface area (Å²) in [7, 11) is 0. The van der Waals surface area contributed by atoms with Gasteiger partial charge in [-0.25, -0.2) is 0 Å². The molecule has 21 heavy (non-hydrogen) atoms. The summed E-state index contributed by atoms with van der Waals surface area (Å²) < 4.78 is 1.32. The van der Waals surface area contributed by atoms with Crippen LogP contribution in [0, 0.1) is 6.92 Å². The molecule has 7 heteroatoms. The van der Waals surface area contributed by atoms with Crippen molar-refractivity contribution in [2.75, 3.05) is 5.32 Å². The second-order valence-corrected chi connectivity index (χ2v) is 5.64. The van der Waals surface area contributed by atoms with E-state index in [9.17, 15) is 9.59 Å². The van der Waals surface area contributed by atoms with Crippen molar-refractivity contribution in [1.82, 2.24) is 4.57 Å². The Balaban J connectivity index is 2.18. The van der Waals surface area contributed by atoms with Crippen LogP contribution in [0.25, 0.3) is 0 Å². The smallest absolute Gasteiger partial charge is 0.253 e. The van der Waals surface area contributed by atoms with Gasteiger partial charge >= 0.3 is 0 Å². The summed E-state index contributed by atoms with van der Waals surface area (Å²) in [6.45, 7) is 1.57. The van der Waals surface area contributed by atoms with Gasteiger partial charge in [0.2, 0.25) is 5.91 Å². The van der Waals surface area contributed by atoms with Gasteiger partial charge in [0.25, 0.3) is 5.56 Å². The molecular formula is C14H11Cl3N2O2. The molecule has 0 aliphatic rings. The molecule has 0 spiro atoms. The van der Waals surface area contributed by atoms with Crippen molar-refractivity contribution in [2.45, 2.75) is 13.5 Å². The van der Waals surface area contributed by atoms with Gasteiger partial charge in [0, 0.05) is 11.8 Å². The highest BCUT2D eigenvalue weighted by Gasteiger charge is 2.10. The van der Waals surface area contributed by atoms with E-state index in [-0.39, 0.29) is 28.1 Å². The SMILES string of the molecule is Cc1cccn(CC(=O)Nc2cc(Cl)c(Cl)cc2Cl)c1=O. The molecule has 0 radical (unpaired) electrons. The molecule has 0 unspecified atom stereocenters. The van der Waals surface area contributed by atoms with Crippen LogP contribution in [0.3, 0.4) is 0 Å². The van der Waals surface area contributed by atoms with Crippen molar-refractivity contribution in [1.29, 1.82) is 0 Å². The van der Waals surface area contributed by atoms with Crippen LogP contribution in [0.15, 0.2) is 35.3 Å². The number of nitrogens with one attached hydrogen (secondary N) is 1. The van der Waals surface area contributed by atoms with E-state index in [4.69, 9.17) is 34.8 Å². The number of pyridine rings is 1. The maximum Gasteiger partial charge on any atom is 0.253 e. The zero-order chi connectivity index (χ0) is 15.6. The van der Waals surface area contributed by atoms with Gasteiger partial charge in [-0.05, 0) is 25.1 Å². The lowest BCUT2D eigenvalue weighted by Gasteiger charge is -2.10. The van der Waals surface area contributed by atoms with Gasteiger partial charge in [-0.15, -0.1) is 0 Å². The van der Waals surface area contributed by atoms with E-state index in [0.29, 0.717) is 16.3 Å². The van der Waals surface area contributed by atoms with Crippen molar-refractivity contribution in [2.24, 2.45) is 0 Å². The minimum absolute atomic E-state index is 0.114. The average Bonchev–Trinajstić information content (AvgIpc) is 2.41. The Morgan fingerprint density at radius 1 is 1.19 bits per heavy atom. The van der Waals surface area contributed by atoms with E-state index in [2.05, 4.69) is 5.32 Å². The molecule has 2 rings (SSSR count). The van der Waals surface area contributed by atoms with Crippen molar-refractivity contribution in [3.63, 3.8) is 0 Å². The fourth-order valence-corrected chi connectivity index (χ4v) is 2.34. The Morgan fingerprint density at radius 3 is 2.57 bits per heavy atom. The van der Waals surface area contributed by atoms with Gasteiger partial charge in [-0.1, -0.05) is 40.9 Å². The lowest BCUT2D eigenvalue weighted by molar-refractivity contribution is -0.116. The van der Waals surface area contributed by atoms with E-state index in [0.717, 1.165) is 0 Å². The van der Waals surface area contributed by atoms with E-state index >= 15 is 0 Å². The molecular weight excluding hydrogens is 335 g/mol. The van der Waals surface area contributed by atoms with Gasteiger partial charge in [-0.2, -0.15) is 0 Å².